The average molecular weight is 292 g/mol. The van der Waals surface area contributed by atoms with Crippen molar-refractivity contribution in [1.29, 1.82) is 0 Å². The van der Waals surface area contributed by atoms with Gasteiger partial charge in [-0.15, -0.1) is 11.6 Å². The minimum Gasteiger partial charge on any atom is -0.497 e. The third kappa shape index (κ3) is 3.50. The Labute approximate surface area is 103 Å². The van der Waals surface area contributed by atoms with Crippen LogP contribution in [0.25, 0.3) is 0 Å². The fraction of sp³-hybridized carbons (Fsp3) is 0.364. The molecule has 0 radical (unpaired) electrons. The Morgan fingerprint density at radius 2 is 2.27 bits per heavy atom. The standard InChI is InChI=1S/C11H12BrClO2/c1-15-8-4-5-9(10(12)7-8)11(14)3-2-6-13/h4-5,7H,2-3,6H2,1H3. The largest absolute Gasteiger partial charge is 0.497 e. The van der Waals surface area contributed by atoms with E-state index >= 15 is 0 Å². The van der Waals surface area contributed by atoms with E-state index in [4.69, 9.17) is 16.3 Å². The Balaban J connectivity index is 2.81. The van der Waals surface area contributed by atoms with Crippen molar-refractivity contribution in [2.24, 2.45) is 0 Å². The van der Waals surface area contributed by atoms with Gasteiger partial charge in [0.15, 0.2) is 5.78 Å². The maximum Gasteiger partial charge on any atom is 0.164 e. The summed E-state index contributed by atoms with van der Waals surface area (Å²) in [5.74, 6) is 1.35. The van der Waals surface area contributed by atoms with Gasteiger partial charge in [-0.05, 0) is 40.5 Å². The lowest BCUT2D eigenvalue weighted by molar-refractivity contribution is 0.0981. The molecule has 82 valence electrons. The molecule has 2 nitrogen and oxygen atoms in total. The van der Waals surface area contributed by atoms with E-state index in [1.807, 2.05) is 0 Å². The maximum absolute atomic E-state index is 11.7. The van der Waals surface area contributed by atoms with Crippen molar-refractivity contribution in [3.05, 3.63) is 28.2 Å². The van der Waals surface area contributed by atoms with E-state index in [1.165, 1.54) is 0 Å². The number of carbonyl (C=O) groups is 1. The van der Waals surface area contributed by atoms with Crippen LogP contribution in [0, 0.1) is 0 Å². The second-order valence-electron chi connectivity index (χ2n) is 3.06. The number of methoxy groups -OCH3 is 1. The molecule has 15 heavy (non-hydrogen) atoms. The molecule has 0 unspecified atom stereocenters. The third-order valence-corrected chi connectivity index (χ3v) is 2.94. The minimum atomic E-state index is 0.102. The topological polar surface area (TPSA) is 26.3 Å². The van der Waals surface area contributed by atoms with E-state index in [-0.39, 0.29) is 5.78 Å². The van der Waals surface area contributed by atoms with Crippen LogP contribution < -0.4 is 4.74 Å². The van der Waals surface area contributed by atoms with Crippen LogP contribution in [0.3, 0.4) is 0 Å². The van der Waals surface area contributed by atoms with Gasteiger partial charge in [-0.2, -0.15) is 0 Å². The van der Waals surface area contributed by atoms with E-state index in [0.29, 0.717) is 24.3 Å². The molecule has 0 aromatic heterocycles. The molecule has 0 aliphatic heterocycles. The lowest BCUT2D eigenvalue weighted by Crippen LogP contribution is -2.00. The molecule has 0 atom stereocenters. The van der Waals surface area contributed by atoms with Crippen LogP contribution in [-0.4, -0.2) is 18.8 Å². The molecular weight excluding hydrogens is 279 g/mol. The summed E-state index contributed by atoms with van der Waals surface area (Å²) in [6.07, 6.45) is 1.19. The van der Waals surface area contributed by atoms with Crippen LogP contribution in [0.2, 0.25) is 0 Å². The maximum atomic E-state index is 11.7. The summed E-state index contributed by atoms with van der Waals surface area (Å²) in [6, 6.07) is 5.33. The first kappa shape index (κ1) is 12.5. The Hall–Kier alpha value is -0.540. The number of hydrogen-bond donors (Lipinski definition) is 0. The third-order valence-electron chi connectivity index (χ3n) is 2.01. The first-order valence-corrected chi connectivity index (χ1v) is 5.94. The number of halogens is 2. The zero-order valence-corrected chi connectivity index (χ0v) is 10.8. The molecule has 0 saturated carbocycles. The zero-order chi connectivity index (χ0) is 11.3. The predicted octanol–water partition coefficient (Wildman–Crippen LogP) is 3.66. The lowest BCUT2D eigenvalue weighted by atomic mass is 10.1. The van der Waals surface area contributed by atoms with Gasteiger partial charge in [0.1, 0.15) is 5.75 Å². The van der Waals surface area contributed by atoms with Crippen LogP contribution in [0.15, 0.2) is 22.7 Å². The van der Waals surface area contributed by atoms with Gasteiger partial charge < -0.3 is 4.74 Å². The highest BCUT2D eigenvalue weighted by molar-refractivity contribution is 9.10. The van der Waals surface area contributed by atoms with Gasteiger partial charge >= 0.3 is 0 Å². The van der Waals surface area contributed by atoms with E-state index in [1.54, 1.807) is 25.3 Å². The Morgan fingerprint density at radius 1 is 1.53 bits per heavy atom. The first-order valence-electron chi connectivity index (χ1n) is 4.61. The number of ether oxygens (including phenoxy) is 1. The molecule has 0 N–H and O–H groups in total. The first-order chi connectivity index (χ1) is 7.19. The molecule has 0 spiro atoms. The molecule has 1 aromatic carbocycles. The number of ketones is 1. The molecule has 4 heteroatoms. The Kier molecular flexibility index (Phi) is 5.12. The fourth-order valence-electron chi connectivity index (χ4n) is 1.21. The minimum absolute atomic E-state index is 0.102. The summed E-state index contributed by atoms with van der Waals surface area (Å²) >= 11 is 8.88. The summed E-state index contributed by atoms with van der Waals surface area (Å²) in [5, 5.41) is 0. The van der Waals surface area contributed by atoms with Gasteiger partial charge in [0, 0.05) is 22.3 Å². The van der Waals surface area contributed by atoms with Gasteiger partial charge in [-0.1, -0.05) is 0 Å². The average Bonchev–Trinajstić information content (AvgIpc) is 2.25. The molecule has 0 fully saturated rings. The van der Waals surface area contributed by atoms with Gasteiger partial charge in [-0.3, -0.25) is 4.79 Å². The van der Waals surface area contributed by atoms with Crippen LogP contribution in [0.1, 0.15) is 23.2 Å². The summed E-state index contributed by atoms with van der Waals surface area (Å²) in [6.45, 7) is 0. The van der Waals surface area contributed by atoms with Crippen molar-refractivity contribution in [3.63, 3.8) is 0 Å². The van der Waals surface area contributed by atoms with E-state index in [9.17, 15) is 4.79 Å². The van der Waals surface area contributed by atoms with Crippen molar-refractivity contribution in [1.82, 2.24) is 0 Å². The smallest absolute Gasteiger partial charge is 0.164 e. The van der Waals surface area contributed by atoms with Crippen LogP contribution in [0.5, 0.6) is 5.75 Å². The van der Waals surface area contributed by atoms with Gasteiger partial charge in [-0.25, -0.2) is 0 Å². The Bertz CT molecular complexity index is 352. The summed E-state index contributed by atoms with van der Waals surface area (Å²) in [7, 11) is 1.59. The van der Waals surface area contributed by atoms with Gasteiger partial charge in [0.25, 0.3) is 0 Å². The van der Waals surface area contributed by atoms with Crippen LogP contribution in [-0.2, 0) is 0 Å². The van der Waals surface area contributed by atoms with Crippen molar-refractivity contribution in [3.8, 4) is 5.75 Å². The predicted molar refractivity (Wildman–Crippen MR) is 65.0 cm³/mol. The SMILES string of the molecule is COc1ccc(C(=O)CCCCl)c(Br)c1. The van der Waals surface area contributed by atoms with Gasteiger partial charge in [0.05, 0.1) is 7.11 Å². The molecule has 0 aliphatic rings. The molecule has 0 aliphatic carbocycles. The highest BCUT2D eigenvalue weighted by Crippen LogP contribution is 2.24. The van der Waals surface area contributed by atoms with E-state index < -0.39 is 0 Å². The second-order valence-corrected chi connectivity index (χ2v) is 4.29. The van der Waals surface area contributed by atoms with Crippen LogP contribution in [0.4, 0.5) is 0 Å². The zero-order valence-electron chi connectivity index (χ0n) is 8.43. The van der Waals surface area contributed by atoms with Crippen LogP contribution >= 0.6 is 27.5 Å². The quantitative estimate of drug-likeness (QED) is 0.611. The molecule has 0 bridgehead atoms. The highest BCUT2D eigenvalue weighted by atomic mass is 79.9. The van der Waals surface area contributed by atoms with E-state index in [0.717, 1.165) is 10.2 Å². The number of Topliss-reactive ketones (excluding diaryl/α,β-unsaturated/α-hetero) is 1. The summed E-state index contributed by atoms with van der Waals surface area (Å²) in [4.78, 5) is 11.7. The van der Waals surface area contributed by atoms with E-state index in [2.05, 4.69) is 15.9 Å². The molecule has 0 saturated heterocycles. The number of benzene rings is 1. The summed E-state index contributed by atoms with van der Waals surface area (Å²) < 4.78 is 5.81. The molecular formula is C11H12BrClO2. The molecule has 1 rings (SSSR count). The number of rotatable bonds is 5. The number of carbonyl (C=O) groups excluding carboxylic acids is 1. The second kappa shape index (κ2) is 6.13. The summed E-state index contributed by atoms with van der Waals surface area (Å²) in [5.41, 5.74) is 0.681. The highest BCUT2D eigenvalue weighted by Gasteiger charge is 2.10. The van der Waals surface area contributed by atoms with Crippen molar-refractivity contribution < 1.29 is 9.53 Å². The Morgan fingerprint density at radius 3 is 2.80 bits per heavy atom. The number of alkyl halides is 1. The fourth-order valence-corrected chi connectivity index (χ4v) is 1.92. The number of hydrogen-bond acceptors (Lipinski definition) is 2. The van der Waals surface area contributed by atoms with Gasteiger partial charge in [0.2, 0.25) is 0 Å². The lowest BCUT2D eigenvalue weighted by Gasteiger charge is -2.05. The molecule has 0 heterocycles. The molecule has 1 aromatic rings. The van der Waals surface area contributed by atoms with Crippen molar-refractivity contribution in [2.45, 2.75) is 12.8 Å². The monoisotopic (exact) mass is 290 g/mol. The molecule has 0 amide bonds. The van der Waals surface area contributed by atoms with Crippen molar-refractivity contribution >= 4 is 33.3 Å². The van der Waals surface area contributed by atoms with Crippen molar-refractivity contribution in [2.75, 3.05) is 13.0 Å². The normalized spacial score (nSPS) is 10.1.